The number of aliphatic carboxylic acids is 1. The lowest BCUT2D eigenvalue weighted by molar-refractivity contribution is -0.131. The Bertz CT molecular complexity index is 1180. The number of allylic oxidation sites excluding steroid dienone is 1. The first-order chi connectivity index (χ1) is 16.9. The van der Waals surface area contributed by atoms with Crippen LogP contribution in [0.3, 0.4) is 0 Å². The van der Waals surface area contributed by atoms with Crippen LogP contribution in [0, 0.1) is 0 Å². The van der Waals surface area contributed by atoms with Gasteiger partial charge in [0.15, 0.2) is 6.10 Å². The van der Waals surface area contributed by atoms with Crippen molar-refractivity contribution in [1.29, 1.82) is 0 Å². The Morgan fingerprint density at radius 1 is 1.06 bits per heavy atom. The number of carbonyl (C=O) groups is 2. The molecule has 3 N–H and O–H groups in total. The number of phenolic OH excluding ortho intramolecular Hbond substituents is 1. The molecular formula is C27H29NO6S. The van der Waals surface area contributed by atoms with Gasteiger partial charge in [0.05, 0.1) is 6.10 Å². The lowest BCUT2D eigenvalue weighted by Gasteiger charge is -2.28. The average Bonchev–Trinajstić information content (AvgIpc) is 2.85. The highest BCUT2D eigenvalue weighted by Crippen LogP contribution is 2.36. The quantitative estimate of drug-likeness (QED) is 0.209. The molecule has 0 aliphatic rings. The van der Waals surface area contributed by atoms with Crippen LogP contribution in [0.4, 0.5) is 10.5 Å². The van der Waals surface area contributed by atoms with Crippen molar-refractivity contribution in [2.24, 2.45) is 0 Å². The number of thioether (sulfide) groups is 1. The number of carboxylic acids is 1. The van der Waals surface area contributed by atoms with Crippen molar-refractivity contribution in [3.63, 3.8) is 0 Å². The van der Waals surface area contributed by atoms with Crippen LogP contribution in [0.15, 0.2) is 77.7 Å². The smallest absolute Gasteiger partial charge is 0.412 e. The maximum absolute atomic E-state index is 12.9. The predicted molar refractivity (Wildman–Crippen MR) is 138 cm³/mol. The van der Waals surface area contributed by atoms with E-state index in [9.17, 15) is 14.7 Å². The van der Waals surface area contributed by atoms with E-state index in [4.69, 9.17) is 14.6 Å². The number of fused-ring (bicyclic) bond motifs is 1. The van der Waals surface area contributed by atoms with Crippen LogP contribution in [0.5, 0.6) is 5.75 Å². The molecule has 35 heavy (non-hydrogen) atoms. The molecule has 0 fully saturated rings. The first-order valence-corrected chi connectivity index (χ1v) is 12.5. The van der Waals surface area contributed by atoms with Gasteiger partial charge >= 0.3 is 12.1 Å². The Kier molecular flexibility index (Phi) is 9.57. The Morgan fingerprint density at radius 3 is 2.43 bits per heavy atom. The third-order valence-corrected chi connectivity index (χ3v) is 6.15. The van der Waals surface area contributed by atoms with E-state index in [-0.39, 0.29) is 5.75 Å². The number of aromatic hydroxyl groups is 1. The first-order valence-electron chi connectivity index (χ1n) is 11.3. The summed E-state index contributed by atoms with van der Waals surface area (Å²) in [5.74, 6) is -0.902. The summed E-state index contributed by atoms with van der Waals surface area (Å²) in [6.07, 6.45) is 3.46. The molecule has 0 saturated carbocycles. The van der Waals surface area contributed by atoms with Gasteiger partial charge in [0.1, 0.15) is 5.75 Å². The number of carboxylic acid groups (broad SMARTS) is 1. The number of ether oxygens (including phenoxy) is 2. The number of anilines is 1. The molecule has 2 atom stereocenters. The van der Waals surface area contributed by atoms with Crippen molar-refractivity contribution in [2.75, 3.05) is 18.2 Å². The van der Waals surface area contributed by atoms with Gasteiger partial charge in [0.25, 0.3) is 0 Å². The number of phenols is 1. The molecule has 7 nitrogen and oxygen atoms in total. The Hall–Kier alpha value is -3.49. The second-order valence-corrected chi connectivity index (χ2v) is 8.59. The summed E-state index contributed by atoms with van der Waals surface area (Å²) in [4.78, 5) is 24.9. The largest absolute Gasteiger partial charge is 0.507 e. The van der Waals surface area contributed by atoms with Gasteiger partial charge in [-0.2, -0.15) is 0 Å². The van der Waals surface area contributed by atoms with Crippen LogP contribution in [-0.4, -0.2) is 41.2 Å². The number of nitrogens with one attached hydrogen (secondary N) is 1. The van der Waals surface area contributed by atoms with Gasteiger partial charge in [-0.3, -0.25) is 5.32 Å². The molecule has 0 aromatic heterocycles. The molecule has 8 heteroatoms. The highest BCUT2D eigenvalue weighted by atomic mass is 32.2. The minimum Gasteiger partial charge on any atom is -0.507 e. The minimum absolute atomic E-state index is 0.124. The Labute approximate surface area is 208 Å². The second kappa shape index (κ2) is 12.8. The molecule has 3 rings (SSSR count). The molecule has 0 unspecified atom stereocenters. The number of hydrogen-bond acceptors (Lipinski definition) is 6. The van der Waals surface area contributed by atoms with E-state index in [2.05, 4.69) is 5.32 Å². The van der Waals surface area contributed by atoms with Gasteiger partial charge in [0.2, 0.25) is 0 Å². The molecular weight excluding hydrogens is 466 g/mol. The Balaban J connectivity index is 1.93. The van der Waals surface area contributed by atoms with Crippen molar-refractivity contribution in [3.8, 4) is 5.75 Å². The molecule has 0 spiro atoms. The minimum atomic E-state index is -1.03. The zero-order valence-electron chi connectivity index (χ0n) is 19.6. The summed E-state index contributed by atoms with van der Waals surface area (Å²) in [6, 6.07) is 18.0. The highest BCUT2D eigenvalue weighted by Gasteiger charge is 2.29. The fraction of sp³-hybridized carbons (Fsp3) is 0.259. The molecule has 0 bridgehead atoms. The standard InChI is InChI=1S/C27H29NO6S/c1-3-33-24(10-6-7-11-25(30)31)26(22-16-17-23(29)21-9-5-4-8-20(21)22)34-27(32)28-18-12-14-19(35-2)15-13-18/h4-5,7-9,11-17,24,26,29H,3,6,10H2,1-2H3,(H,28,32)(H,30,31)/b11-7+/t24-,26-/m0/s1. The van der Waals surface area contributed by atoms with E-state index in [1.165, 1.54) is 0 Å². The number of hydrogen-bond donors (Lipinski definition) is 3. The number of carbonyl (C=O) groups excluding carboxylic acids is 1. The zero-order chi connectivity index (χ0) is 25.2. The Morgan fingerprint density at radius 2 is 1.77 bits per heavy atom. The number of amides is 1. The van der Waals surface area contributed by atoms with E-state index in [1.807, 2.05) is 43.5 Å². The van der Waals surface area contributed by atoms with E-state index in [0.717, 1.165) is 16.4 Å². The molecule has 3 aromatic rings. The van der Waals surface area contributed by atoms with E-state index < -0.39 is 24.3 Å². The fourth-order valence-corrected chi connectivity index (χ4v) is 4.22. The summed E-state index contributed by atoms with van der Waals surface area (Å²) in [5, 5.41) is 23.4. The van der Waals surface area contributed by atoms with E-state index in [1.54, 1.807) is 48.2 Å². The molecule has 184 valence electrons. The zero-order valence-corrected chi connectivity index (χ0v) is 20.5. The lowest BCUT2D eigenvalue weighted by atomic mass is 9.94. The van der Waals surface area contributed by atoms with E-state index in [0.29, 0.717) is 36.1 Å². The van der Waals surface area contributed by atoms with Crippen LogP contribution in [-0.2, 0) is 14.3 Å². The summed E-state index contributed by atoms with van der Waals surface area (Å²) in [7, 11) is 0. The van der Waals surface area contributed by atoms with Crippen molar-refractivity contribution in [2.45, 2.75) is 36.9 Å². The van der Waals surface area contributed by atoms with Crippen molar-refractivity contribution >= 4 is 40.3 Å². The summed E-state index contributed by atoms with van der Waals surface area (Å²) in [6.45, 7) is 2.22. The lowest BCUT2D eigenvalue weighted by Crippen LogP contribution is -2.29. The molecule has 0 radical (unpaired) electrons. The van der Waals surface area contributed by atoms with Gasteiger partial charge in [-0.05, 0) is 61.7 Å². The van der Waals surface area contributed by atoms with Crippen LogP contribution >= 0.6 is 11.8 Å². The highest BCUT2D eigenvalue weighted by molar-refractivity contribution is 7.98. The second-order valence-electron chi connectivity index (χ2n) is 7.71. The van der Waals surface area contributed by atoms with Crippen LogP contribution in [0.1, 0.15) is 31.4 Å². The van der Waals surface area contributed by atoms with Crippen molar-refractivity contribution in [1.82, 2.24) is 0 Å². The maximum Gasteiger partial charge on any atom is 0.412 e. The van der Waals surface area contributed by atoms with Gasteiger partial charge in [-0.25, -0.2) is 9.59 Å². The first kappa shape index (κ1) is 26.1. The molecule has 0 saturated heterocycles. The third-order valence-electron chi connectivity index (χ3n) is 5.41. The third kappa shape index (κ3) is 7.24. The van der Waals surface area contributed by atoms with Crippen LogP contribution < -0.4 is 5.32 Å². The van der Waals surface area contributed by atoms with Gasteiger partial charge < -0.3 is 19.7 Å². The summed E-state index contributed by atoms with van der Waals surface area (Å²) < 4.78 is 11.9. The molecule has 1 amide bonds. The normalized spacial score (nSPS) is 13.0. The molecule has 0 aliphatic heterocycles. The monoisotopic (exact) mass is 495 g/mol. The molecule has 0 aliphatic carbocycles. The number of benzene rings is 3. The van der Waals surface area contributed by atoms with Crippen LogP contribution in [0.25, 0.3) is 10.8 Å². The van der Waals surface area contributed by atoms with Gasteiger partial charge in [-0.1, -0.05) is 36.4 Å². The molecule has 3 aromatic carbocycles. The van der Waals surface area contributed by atoms with Crippen molar-refractivity contribution in [3.05, 3.63) is 78.4 Å². The van der Waals surface area contributed by atoms with Gasteiger partial charge in [0, 0.05) is 34.2 Å². The number of rotatable bonds is 11. The van der Waals surface area contributed by atoms with Gasteiger partial charge in [-0.15, -0.1) is 11.8 Å². The summed E-state index contributed by atoms with van der Waals surface area (Å²) >= 11 is 1.60. The predicted octanol–water partition coefficient (Wildman–Crippen LogP) is 6.38. The van der Waals surface area contributed by atoms with Crippen molar-refractivity contribution < 1.29 is 29.3 Å². The van der Waals surface area contributed by atoms with Crippen LogP contribution in [0.2, 0.25) is 0 Å². The molecule has 0 heterocycles. The summed E-state index contributed by atoms with van der Waals surface area (Å²) in [5.41, 5.74) is 1.28. The van der Waals surface area contributed by atoms with E-state index >= 15 is 0 Å². The fourth-order valence-electron chi connectivity index (χ4n) is 3.81. The topological polar surface area (TPSA) is 105 Å². The maximum atomic E-state index is 12.9. The average molecular weight is 496 g/mol. The SMILES string of the molecule is CCO[C@@H](CC/C=C/C(=O)O)[C@@H](OC(=O)Nc1ccc(SC)cc1)c1ccc(O)c2ccccc12.